The minimum atomic E-state index is -0.528. The molecule has 0 aliphatic carbocycles. The highest BCUT2D eigenvalue weighted by atomic mass is 79.9. The topological polar surface area (TPSA) is 52.3 Å². The second-order valence-electron chi connectivity index (χ2n) is 4.33. The first kappa shape index (κ1) is 15.3. The fraction of sp³-hybridized carbons (Fsp3) is 0.0625. The Hall–Kier alpha value is -2.14. The van der Waals surface area contributed by atoms with Crippen LogP contribution in [0.25, 0.3) is 6.08 Å². The molecule has 108 valence electrons. The van der Waals surface area contributed by atoms with Crippen LogP contribution in [0.2, 0.25) is 0 Å². The Bertz CT molecular complexity index is 668. The van der Waals surface area contributed by atoms with Crippen molar-refractivity contribution in [3.05, 3.63) is 70.0 Å². The molecule has 0 spiro atoms. The molecule has 2 aromatic carbocycles. The van der Waals surface area contributed by atoms with Gasteiger partial charge in [-0.05, 0) is 42.0 Å². The molecule has 2 N–H and O–H groups in total. The highest BCUT2D eigenvalue weighted by molar-refractivity contribution is 9.10. The zero-order valence-electron chi connectivity index (χ0n) is 11.1. The van der Waals surface area contributed by atoms with Crippen molar-refractivity contribution >= 4 is 27.9 Å². The molecule has 0 radical (unpaired) electrons. The number of halogens is 2. The predicted octanol–water partition coefficient (Wildman–Crippen LogP) is 3.67. The van der Waals surface area contributed by atoms with Crippen molar-refractivity contribution in [2.75, 3.05) is 0 Å². The van der Waals surface area contributed by atoms with Gasteiger partial charge in [-0.3, -0.25) is 4.79 Å². The lowest BCUT2D eigenvalue weighted by Gasteiger charge is -2.10. The standard InChI is InChI=1S/C16H13BrFNO2/c17-13-4-7-15(12(9-13)3-8-16(19)20)21-10-11-1-5-14(18)6-2-11/h1-9H,10H2,(H2,19,20)/b8-3+. The molecule has 0 fully saturated rings. The average Bonchev–Trinajstić information content (AvgIpc) is 2.45. The van der Waals surface area contributed by atoms with Crippen LogP contribution in [0, 0.1) is 5.82 Å². The molecule has 0 aliphatic rings. The van der Waals surface area contributed by atoms with Crippen molar-refractivity contribution < 1.29 is 13.9 Å². The van der Waals surface area contributed by atoms with E-state index in [-0.39, 0.29) is 5.82 Å². The highest BCUT2D eigenvalue weighted by Crippen LogP contribution is 2.25. The molecule has 3 nitrogen and oxygen atoms in total. The van der Waals surface area contributed by atoms with Gasteiger partial charge in [0.1, 0.15) is 18.2 Å². The Kier molecular flexibility index (Phi) is 5.11. The minimum Gasteiger partial charge on any atom is -0.488 e. The zero-order chi connectivity index (χ0) is 15.2. The summed E-state index contributed by atoms with van der Waals surface area (Å²) in [6, 6.07) is 11.5. The van der Waals surface area contributed by atoms with Crippen molar-refractivity contribution in [1.82, 2.24) is 0 Å². The third-order valence-electron chi connectivity index (χ3n) is 2.71. The van der Waals surface area contributed by atoms with E-state index in [2.05, 4.69) is 15.9 Å². The number of carbonyl (C=O) groups is 1. The summed E-state index contributed by atoms with van der Waals surface area (Å²) >= 11 is 3.36. The molecule has 0 aromatic heterocycles. The zero-order valence-corrected chi connectivity index (χ0v) is 12.6. The van der Waals surface area contributed by atoms with E-state index in [1.165, 1.54) is 18.2 Å². The molecule has 0 atom stereocenters. The van der Waals surface area contributed by atoms with Crippen molar-refractivity contribution in [3.8, 4) is 5.75 Å². The third kappa shape index (κ3) is 4.72. The number of hydrogen-bond acceptors (Lipinski definition) is 2. The van der Waals surface area contributed by atoms with Gasteiger partial charge in [0.2, 0.25) is 5.91 Å². The summed E-state index contributed by atoms with van der Waals surface area (Å²) in [6.07, 6.45) is 2.86. The SMILES string of the molecule is NC(=O)/C=C/c1cc(Br)ccc1OCc1ccc(F)cc1. The minimum absolute atomic E-state index is 0.285. The Morgan fingerprint density at radius 3 is 2.62 bits per heavy atom. The maximum Gasteiger partial charge on any atom is 0.241 e. The van der Waals surface area contributed by atoms with Gasteiger partial charge < -0.3 is 10.5 Å². The molecule has 5 heteroatoms. The van der Waals surface area contributed by atoms with Crippen molar-refractivity contribution in [2.24, 2.45) is 5.73 Å². The molecule has 0 aliphatic heterocycles. The van der Waals surface area contributed by atoms with Gasteiger partial charge >= 0.3 is 0 Å². The summed E-state index contributed by atoms with van der Waals surface area (Å²) in [5, 5.41) is 0. The van der Waals surface area contributed by atoms with Gasteiger partial charge in [-0.1, -0.05) is 28.1 Å². The monoisotopic (exact) mass is 349 g/mol. The van der Waals surface area contributed by atoms with Crippen LogP contribution in [0.3, 0.4) is 0 Å². The number of primary amides is 1. The average molecular weight is 350 g/mol. The van der Waals surface area contributed by atoms with Crippen LogP contribution >= 0.6 is 15.9 Å². The van der Waals surface area contributed by atoms with Crippen LogP contribution < -0.4 is 10.5 Å². The number of carbonyl (C=O) groups excluding carboxylic acids is 1. The lowest BCUT2D eigenvalue weighted by Crippen LogP contribution is -2.05. The first-order chi connectivity index (χ1) is 10.0. The van der Waals surface area contributed by atoms with E-state index >= 15 is 0 Å². The molecular formula is C16H13BrFNO2. The van der Waals surface area contributed by atoms with Gasteiger partial charge in [-0.2, -0.15) is 0 Å². The maximum atomic E-state index is 12.8. The van der Waals surface area contributed by atoms with E-state index in [0.717, 1.165) is 15.6 Å². The van der Waals surface area contributed by atoms with Crippen LogP contribution in [0.1, 0.15) is 11.1 Å². The van der Waals surface area contributed by atoms with Crippen molar-refractivity contribution in [3.63, 3.8) is 0 Å². The van der Waals surface area contributed by atoms with E-state index in [9.17, 15) is 9.18 Å². The van der Waals surface area contributed by atoms with Gasteiger partial charge in [0, 0.05) is 16.1 Å². The lowest BCUT2D eigenvalue weighted by molar-refractivity contribution is -0.113. The number of rotatable bonds is 5. The second-order valence-corrected chi connectivity index (χ2v) is 5.25. The van der Waals surface area contributed by atoms with Gasteiger partial charge in [0.15, 0.2) is 0 Å². The normalized spacial score (nSPS) is 10.8. The Labute approximate surface area is 130 Å². The smallest absolute Gasteiger partial charge is 0.241 e. The fourth-order valence-corrected chi connectivity index (χ4v) is 2.07. The first-order valence-corrected chi connectivity index (χ1v) is 6.98. The molecule has 0 saturated carbocycles. The Morgan fingerprint density at radius 1 is 1.24 bits per heavy atom. The number of nitrogens with two attached hydrogens (primary N) is 1. The van der Waals surface area contributed by atoms with Crippen LogP contribution in [-0.4, -0.2) is 5.91 Å². The van der Waals surface area contributed by atoms with Crippen molar-refractivity contribution in [2.45, 2.75) is 6.61 Å². The van der Waals surface area contributed by atoms with Crippen LogP contribution in [0.15, 0.2) is 53.0 Å². The summed E-state index contributed by atoms with van der Waals surface area (Å²) in [6.45, 7) is 0.305. The van der Waals surface area contributed by atoms with Gasteiger partial charge in [0.25, 0.3) is 0 Å². The van der Waals surface area contributed by atoms with E-state index < -0.39 is 5.91 Å². The van der Waals surface area contributed by atoms with E-state index in [4.69, 9.17) is 10.5 Å². The molecule has 0 heterocycles. The van der Waals surface area contributed by atoms with Gasteiger partial charge in [-0.15, -0.1) is 0 Å². The third-order valence-corrected chi connectivity index (χ3v) is 3.20. The quantitative estimate of drug-likeness (QED) is 0.837. The molecule has 2 rings (SSSR count). The number of amides is 1. The summed E-state index contributed by atoms with van der Waals surface area (Å²) in [5.74, 6) is -0.202. The van der Waals surface area contributed by atoms with Crippen LogP contribution in [-0.2, 0) is 11.4 Å². The summed E-state index contributed by atoms with van der Waals surface area (Å²) in [5.41, 5.74) is 6.67. The molecule has 0 unspecified atom stereocenters. The van der Waals surface area contributed by atoms with E-state index in [1.807, 2.05) is 12.1 Å². The summed E-state index contributed by atoms with van der Waals surface area (Å²) in [4.78, 5) is 10.8. The van der Waals surface area contributed by atoms with Gasteiger partial charge in [-0.25, -0.2) is 4.39 Å². The number of hydrogen-bond donors (Lipinski definition) is 1. The van der Waals surface area contributed by atoms with Crippen LogP contribution in [0.4, 0.5) is 4.39 Å². The molecule has 0 bridgehead atoms. The highest BCUT2D eigenvalue weighted by Gasteiger charge is 2.03. The number of ether oxygens (including phenoxy) is 1. The van der Waals surface area contributed by atoms with E-state index in [1.54, 1.807) is 24.3 Å². The second kappa shape index (κ2) is 7.04. The van der Waals surface area contributed by atoms with Crippen LogP contribution in [0.5, 0.6) is 5.75 Å². The molecule has 0 saturated heterocycles. The predicted molar refractivity (Wildman–Crippen MR) is 83.1 cm³/mol. The molecule has 21 heavy (non-hydrogen) atoms. The van der Waals surface area contributed by atoms with Gasteiger partial charge in [0.05, 0.1) is 0 Å². The first-order valence-electron chi connectivity index (χ1n) is 6.19. The lowest BCUT2D eigenvalue weighted by atomic mass is 10.2. The Morgan fingerprint density at radius 2 is 1.95 bits per heavy atom. The molecule has 1 amide bonds. The van der Waals surface area contributed by atoms with E-state index in [0.29, 0.717) is 12.4 Å². The molecular weight excluding hydrogens is 337 g/mol. The summed E-state index contributed by atoms with van der Waals surface area (Å²) < 4.78 is 19.4. The largest absolute Gasteiger partial charge is 0.488 e. The summed E-state index contributed by atoms with van der Waals surface area (Å²) in [7, 11) is 0. The fourth-order valence-electron chi connectivity index (χ4n) is 1.69. The molecule has 2 aromatic rings. The maximum absolute atomic E-state index is 12.8. The Balaban J connectivity index is 2.15. The van der Waals surface area contributed by atoms with Crippen molar-refractivity contribution in [1.29, 1.82) is 0 Å². The number of benzene rings is 2.